The molecule has 2 N–H and O–H groups in total. The third-order valence-electron chi connectivity index (χ3n) is 2.78. The van der Waals surface area contributed by atoms with Gasteiger partial charge in [0, 0.05) is 16.1 Å². The standard InChI is InChI=1S/C13H12BrCl2NOS/c1-18-8-2-3-10(14)7(4-8)5-11(17)9-6-12(15)19-13(9)16/h2-4,6,11H,5,17H2,1H3. The Morgan fingerprint density at radius 2 is 2.11 bits per heavy atom. The van der Waals surface area contributed by atoms with Gasteiger partial charge in [0.05, 0.1) is 15.8 Å². The predicted molar refractivity (Wildman–Crippen MR) is 85.7 cm³/mol. The van der Waals surface area contributed by atoms with E-state index < -0.39 is 0 Å². The molecule has 1 atom stereocenters. The van der Waals surface area contributed by atoms with Gasteiger partial charge in [0.1, 0.15) is 5.75 Å². The van der Waals surface area contributed by atoms with Crippen LogP contribution in [0.2, 0.25) is 8.67 Å². The van der Waals surface area contributed by atoms with E-state index in [4.69, 9.17) is 33.7 Å². The van der Waals surface area contributed by atoms with E-state index in [1.54, 1.807) is 7.11 Å². The maximum atomic E-state index is 6.20. The highest BCUT2D eigenvalue weighted by Crippen LogP contribution is 2.36. The lowest BCUT2D eigenvalue weighted by molar-refractivity contribution is 0.414. The highest BCUT2D eigenvalue weighted by molar-refractivity contribution is 9.10. The van der Waals surface area contributed by atoms with Crippen LogP contribution < -0.4 is 10.5 Å². The smallest absolute Gasteiger partial charge is 0.119 e. The van der Waals surface area contributed by atoms with Crippen LogP contribution >= 0.6 is 50.5 Å². The van der Waals surface area contributed by atoms with Crippen molar-refractivity contribution in [1.82, 2.24) is 0 Å². The van der Waals surface area contributed by atoms with Gasteiger partial charge >= 0.3 is 0 Å². The number of rotatable bonds is 4. The molecule has 1 aromatic carbocycles. The fraction of sp³-hybridized carbons (Fsp3) is 0.231. The normalized spacial score (nSPS) is 12.5. The van der Waals surface area contributed by atoms with E-state index in [1.165, 1.54) is 11.3 Å². The number of thiophene rings is 1. The first-order valence-electron chi connectivity index (χ1n) is 5.54. The van der Waals surface area contributed by atoms with E-state index >= 15 is 0 Å². The van der Waals surface area contributed by atoms with Crippen LogP contribution in [-0.4, -0.2) is 7.11 Å². The molecule has 6 heteroatoms. The average Bonchev–Trinajstić information content (AvgIpc) is 2.71. The second-order valence-electron chi connectivity index (χ2n) is 4.05. The van der Waals surface area contributed by atoms with Crippen molar-refractivity contribution in [2.75, 3.05) is 7.11 Å². The molecule has 2 rings (SSSR count). The van der Waals surface area contributed by atoms with Crippen LogP contribution in [-0.2, 0) is 6.42 Å². The molecule has 0 saturated carbocycles. The molecular weight excluding hydrogens is 369 g/mol. The van der Waals surface area contributed by atoms with Crippen LogP contribution in [0.5, 0.6) is 5.75 Å². The lowest BCUT2D eigenvalue weighted by Crippen LogP contribution is -2.13. The zero-order valence-corrected chi connectivity index (χ0v) is 14.0. The topological polar surface area (TPSA) is 35.2 Å². The Morgan fingerprint density at radius 3 is 2.68 bits per heavy atom. The zero-order valence-electron chi connectivity index (χ0n) is 10.1. The SMILES string of the molecule is COc1ccc(Br)c(CC(N)c2cc(Cl)sc2Cl)c1. The Hall–Kier alpha value is -0.260. The molecule has 2 nitrogen and oxygen atoms in total. The van der Waals surface area contributed by atoms with Crippen molar-refractivity contribution >= 4 is 50.5 Å². The van der Waals surface area contributed by atoms with Crippen molar-refractivity contribution in [3.05, 3.63) is 48.5 Å². The number of hydrogen-bond donors (Lipinski definition) is 1. The summed E-state index contributed by atoms with van der Waals surface area (Å²) in [6.07, 6.45) is 0.657. The van der Waals surface area contributed by atoms with Gasteiger partial charge in [-0.25, -0.2) is 0 Å². The number of halogens is 3. The van der Waals surface area contributed by atoms with Gasteiger partial charge in [-0.05, 0) is 36.2 Å². The Labute approximate surface area is 134 Å². The molecule has 1 heterocycles. The van der Waals surface area contributed by atoms with Gasteiger partial charge in [-0.3, -0.25) is 0 Å². The Balaban J connectivity index is 2.23. The molecule has 0 aliphatic carbocycles. The summed E-state index contributed by atoms with van der Waals surface area (Å²) >= 11 is 16.9. The fourth-order valence-electron chi connectivity index (χ4n) is 1.79. The monoisotopic (exact) mass is 379 g/mol. The number of nitrogens with two attached hydrogens (primary N) is 1. The van der Waals surface area contributed by atoms with Gasteiger partial charge in [-0.15, -0.1) is 11.3 Å². The highest BCUT2D eigenvalue weighted by atomic mass is 79.9. The number of ether oxygens (including phenoxy) is 1. The third kappa shape index (κ3) is 3.64. The van der Waals surface area contributed by atoms with E-state index in [1.807, 2.05) is 24.3 Å². The second kappa shape index (κ2) is 6.46. The Bertz CT molecular complexity index is 588. The average molecular weight is 381 g/mol. The van der Waals surface area contributed by atoms with E-state index in [-0.39, 0.29) is 6.04 Å². The van der Waals surface area contributed by atoms with Crippen molar-refractivity contribution in [2.24, 2.45) is 5.73 Å². The summed E-state index contributed by atoms with van der Waals surface area (Å²) in [5.74, 6) is 0.805. The molecule has 0 aliphatic rings. The first-order valence-corrected chi connectivity index (χ1v) is 7.90. The predicted octanol–water partition coefficient (Wildman–Crippen LogP) is 5.07. The van der Waals surface area contributed by atoms with Crippen LogP contribution in [0.25, 0.3) is 0 Å². The van der Waals surface area contributed by atoms with Gasteiger partial charge in [-0.2, -0.15) is 0 Å². The van der Waals surface area contributed by atoms with Crippen molar-refractivity contribution in [2.45, 2.75) is 12.5 Å². The van der Waals surface area contributed by atoms with E-state index in [9.17, 15) is 0 Å². The first-order chi connectivity index (χ1) is 9.01. The second-order valence-corrected chi connectivity index (χ2v) is 7.19. The van der Waals surface area contributed by atoms with E-state index in [0.29, 0.717) is 15.1 Å². The summed E-state index contributed by atoms with van der Waals surface area (Å²) in [7, 11) is 1.64. The molecule has 0 bridgehead atoms. The molecule has 19 heavy (non-hydrogen) atoms. The minimum Gasteiger partial charge on any atom is -0.497 e. The summed E-state index contributed by atoms with van der Waals surface area (Å²) in [6.45, 7) is 0. The molecule has 0 radical (unpaired) electrons. The Kier molecular flexibility index (Phi) is 5.15. The van der Waals surface area contributed by atoms with Gasteiger partial charge in [0.25, 0.3) is 0 Å². The van der Waals surface area contributed by atoms with Crippen LogP contribution in [0.3, 0.4) is 0 Å². The number of benzene rings is 1. The number of hydrogen-bond acceptors (Lipinski definition) is 3. The molecule has 102 valence electrons. The molecule has 0 aliphatic heterocycles. The molecule has 1 aromatic heterocycles. The van der Waals surface area contributed by atoms with Crippen LogP contribution in [0, 0.1) is 0 Å². The van der Waals surface area contributed by atoms with Crippen LogP contribution in [0.1, 0.15) is 17.2 Å². The largest absolute Gasteiger partial charge is 0.497 e. The Morgan fingerprint density at radius 1 is 1.37 bits per heavy atom. The molecule has 1 unspecified atom stereocenters. The van der Waals surface area contributed by atoms with E-state index in [0.717, 1.165) is 21.3 Å². The summed E-state index contributed by atoms with van der Waals surface area (Å²) in [6, 6.07) is 7.44. The van der Waals surface area contributed by atoms with Gasteiger partial charge in [-0.1, -0.05) is 39.1 Å². The van der Waals surface area contributed by atoms with E-state index in [2.05, 4.69) is 15.9 Å². The summed E-state index contributed by atoms with van der Waals surface area (Å²) < 4.78 is 7.52. The first kappa shape index (κ1) is 15.1. The lowest BCUT2D eigenvalue weighted by atomic mass is 10.0. The molecular formula is C13H12BrCl2NOS. The molecule has 0 amide bonds. The quantitative estimate of drug-likeness (QED) is 0.803. The minimum absolute atomic E-state index is 0.195. The summed E-state index contributed by atoms with van der Waals surface area (Å²) in [5, 5.41) is 0. The summed E-state index contributed by atoms with van der Waals surface area (Å²) in [5.41, 5.74) is 8.16. The molecule has 0 fully saturated rings. The molecule has 0 saturated heterocycles. The summed E-state index contributed by atoms with van der Waals surface area (Å²) in [4.78, 5) is 0. The highest BCUT2D eigenvalue weighted by Gasteiger charge is 2.16. The molecule has 0 spiro atoms. The maximum Gasteiger partial charge on any atom is 0.119 e. The lowest BCUT2D eigenvalue weighted by Gasteiger charge is -2.13. The van der Waals surface area contributed by atoms with Gasteiger partial charge in [0.2, 0.25) is 0 Å². The van der Waals surface area contributed by atoms with Crippen molar-refractivity contribution in [3.63, 3.8) is 0 Å². The van der Waals surface area contributed by atoms with Crippen molar-refractivity contribution in [1.29, 1.82) is 0 Å². The maximum absolute atomic E-state index is 6.20. The van der Waals surface area contributed by atoms with Gasteiger partial charge in [0.15, 0.2) is 0 Å². The fourth-order valence-corrected chi connectivity index (χ4v) is 3.79. The molecule has 2 aromatic rings. The zero-order chi connectivity index (χ0) is 14.0. The van der Waals surface area contributed by atoms with Gasteiger partial charge < -0.3 is 10.5 Å². The minimum atomic E-state index is -0.195. The van der Waals surface area contributed by atoms with Crippen molar-refractivity contribution in [3.8, 4) is 5.75 Å². The third-order valence-corrected chi connectivity index (χ3v) is 5.07. The number of methoxy groups -OCH3 is 1. The van der Waals surface area contributed by atoms with Crippen LogP contribution in [0.4, 0.5) is 0 Å². The van der Waals surface area contributed by atoms with Crippen molar-refractivity contribution < 1.29 is 4.74 Å². The van der Waals surface area contributed by atoms with Crippen LogP contribution in [0.15, 0.2) is 28.7 Å².